The Kier molecular flexibility index (Phi) is 2.19. The van der Waals surface area contributed by atoms with Gasteiger partial charge in [-0.25, -0.2) is 0 Å². The van der Waals surface area contributed by atoms with Crippen molar-refractivity contribution in [2.75, 3.05) is 0 Å². The molecule has 0 unspecified atom stereocenters. The molecule has 1 aromatic carbocycles. The van der Waals surface area contributed by atoms with Gasteiger partial charge in [0, 0.05) is 20.9 Å². The fourth-order valence-electron chi connectivity index (χ4n) is 1.63. The molecule has 2 aromatic rings. The summed E-state index contributed by atoms with van der Waals surface area (Å²) in [6, 6.07) is 5.74. The highest BCUT2D eigenvalue weighted by atomic mass is 79.9. The van der Waals surface area contributed by atoms with Crippen LogP contribution in [0.1, 0.15) is 11.3 Å². The van der Waals surface area contributed by atoms with Crippen LogP contribution in [0.5, 0.6) is 0 Å². The van der Waals surface area contributed by atoms with Crippen molar-refractivity contribution in [3.05, 3.63) is 44.3 Å². The van der Waals surface area contributed by atoms with Crippen LogP contribution in [0.25, 0.3) is 10.8 Å². The predicted molar refractivity (Wildman–Crippen MR) is 61.7 cm³/mol. The summed E-state index contributed by atoms with van der Waals surface area (Å²) in [5, 5.41) is 1.75. The highest BCUT2D eigenvalue weighted by molar-refractivity contribution is 9.10. The summed E-state index contributed by atoms with van der Waals surface area (Å²) in [6.45, 7) is 3.89. The van der Waals surface area contributed by atoms with Gasteiger partial charge in [0.1, 0.15) is 0 Å². The summed E-state index contributed by atoms with van der Waals surface area (Å²) in [6.07, 6.45) is 0. The first-order chi connectivity index (χ1) is 6.61. The zero-order valence-electron chi connectivity index (χ0n) is 8.02. The maximum absolute atomic E-state index is 11.6. The Labute approximate surface area is 90.1 Å². The van der Waals surface area contributed by atoms with Crippen molar-refractivity contribution in [3.8, 4) is 0 Å². The number of hydrogen-bond acceptors (Lipinski definition) is 1. The smallest absolute Gasteiger partial charge is 0.256 e. The molecule has 0 saturated carbocycles. The molecule has 0 aliphatic heterocycles. The molecule has 1 heterocycles. The second-order valence-corrected chi connectivity index (χ2v) is 4.18. The van der Waals surface area contributed by atoms with Crippen LogP contribution in [0.4, 0.5) is 0 Å². The van der Waals surface area contributed by atoms with Crippen LogP contribution in [0.3, 0.4) is 0 Å². The van der Waals surface area contributed by atoms with E-state index >= 15 is 0 Å². The average Bonchev–Trinajstić information content (AvgIpc) is 2.14. The van der Waals surface area contributed by atoms with E-state index in [1.807, 2.05) is 32.0 Å². The lowest BCUT2D eigenvalue weighted by Gasteiger charge is -2.06. The summed E-state index contributed by atoms with van der Waals surface area (Å²) in [7, 11) is 0. The van der Waals surface area contributed by atoms with E-state index in [2.05, 4.69) is 20.9 Å². The highest BCUT2D eigenvalue weighted by Crippen LogP contribution is 2.26. The van der Waals surface area contributed by atoms with Gasteiger partial charge in [-0.3, -0.25) is 4.79 Å². The summed E-state index contributed by atoms with van der Waals surface area (Å²) in [4.78, 5) is 14.4. The van der Waals surface area contributed by atoms with Crippen molar-refractivity contribution in [2.45, 2.75) is 13.8 Å². The average molecular weight is 252 g/mol. The number of nitrogens with one attached hydrogen (secondary N) is 1. The zero-order chi connectivity index (χ0) is 10.3. The summed E-state index contributed by atoms with van der Waals surface area (Å²) in [5.74, 6) is 0. The molecule has 0 amide bonds. The van der Waals surface area contributed by atoms with Crippen molar-refractivity contribution in [2.24, 2.45) is 0 Å². The van der Waals surface area contributed by atoms with E-state index in [1.165, 1.54) is 0 Å². The molecule has 0 saturated heterocycles. The minimum absolute atomic E-state index is 0.0237. The molecule has 0 aliphatic rings. The highest BCUT2D eigenvalue weighted by Gasteiger charge is 2.07. The Hall–Kier alpha value is -1.09. The molecule has 72 valence electrons. The molecule has 3 heteroatoms. The number of aromatic nitrogens is 1. The fraction of sp³-hybridized carbons (Fsp3) is 0.182. The molecule has 1 aromatic heterocycles. The van der Waals surface area contributed by atoms with Crippen LogP contribution >= 0.6 is 15.9 Å². The van der Waals surface area contributed by atoms with E-state index in [4.69, 9.17) is 0 Å². The summed E-state index contributed by atoms with van der Waals surface area (Å²) < 4.78 is 0.977. The topological polar surface area (TPSA) is 32.9 Å². The first kappa shape index (κ1) is 9.46. The molecule has 0 bridgehead atoms. The third-order valence-electron chi connectivity index (χ3n) is 2.37. The minimum atomic E-state index is -0.0237. The Morgan fingerprint density at radius 2 is 2.00 bits per heavy atom. The molecule has 0 radical (unpaired) electrons. The van der Waals surface area contributed by atoms with Gasteiger partial charge in [-0.15, -0.1) is 0 Å². The number of aryl methyl sites for hydroxylation is 2. The van der Waals surface area contributed by atoms with Crippen LogP contribution in [0.15, 0.2) is 27.5 Å². The number of aromatic amines is 1. The first-order valence-corrected chi connectivity index (χ1v) is 5.18. The van der Waals surface area contributed by atoms with Crippen molar-refractivity contribution in [1.82, 2.24) is 4.98 Å². The van der Waals surface area contributed by atoms with Gasteiger partial charge in [0.25, 0.3) is 5.56 Å². The van der Waals surface area contributed by atoms with Crippen LogP contribution in [0, 0.1) is 13.8 Å². The molecule has 1 N–H and O–H groups in total. The lowest BCUT2D eigenvalue weighted by atomic mass is 10.1. The van der Waals surface area contributed by atoms with Crippen LogP contribution in [-0.4, -0.2) is 4.98 Å². The van der Waals surface area contributed by atoms with Crippen LogP contribution in [-0.2, 0) is 0 Å². The van der Waals surface area contributed by atoms with E-state index in [-0.39, 0.29) is 5.56 Å². The van der Waals surface area contributed by atoms with Gasteiger partial charge in [0.15, 0.2) is 0 Å². The van der Waals surface area contributed by atoms with E-state index < -0.39 is 0 Å². The van der Waals surface area contributed by atoms with Gasteiger partial charge < -0.3 is 4.98 Å². The molecule has 0 aliphatic carbocycles. The molecule has 0 atom stereocenters. The quantitative estimate of drug-likeness (QED) is 0.768. The van der Waals surface area contributed by atoms with E-state index in [1.54, 1.807) is 0 Å². The minimum Gasteiger partial charge on any atom is -0.325 e. The number of halogens is 1. The van der Waals surface area contributed by atoms with Gasteiger partial charge in [-0.1, -0.05) is 12.1 Å². The van der Waals surface area contributed by atoms with Crippen LogP contribution < -0.4 is 5.56 Å². The van der Waals surface area contributed by atoms with Crippen molar-refractivity contribution in [1.29, 1.82) is 0 Å². The number of rotatable bonds is 0. The summed E-state index contributed by atoms with van der Waals surface area (Å²) >= 11 is 3.50. The molecule has 0 spiro atoms. The Morgan fingerprint density at radius 1 is 1.29 bits per heavy atom. The molecule has 2 nitrogen and oxygen atoms in total. The van der Waals surface area contributed by atoms with Gasteiger partial charge >= 0.3 is 0 Å². The molecular weight excluding hydrogens is 242 g/mol. The number of benzene rings is 1. The van der Waals surface area contributed by atoms with Gasteiger partial charge in [0.2, 0.25) is 0 Å². The second-order valence-electron chi connectivity index (χ2n) is 3.39. The lowest BCUT2D eigenvalue weighted by molar-refractivity contribution is 1.15. The predicted octanol–water partition coefficient (Wildman–Crippen LogP) is 2.91. The maximum atomic E-state index is 11.6. The Balaban J connectivity index is 3.11. The Morgan fingerprint density at radius 3 is 2.71 bits per heavy atom. The first-order valence-electron chi connectivity index (χ1n) is 4.39. The number of fused-ring (bicyclic) bond motifs is 1. The van der Waals surface area contributed by atoms with Crippen molar-refractivity contribution in [3.63, 3.8) is 0 Å². The van der Waals surface area contributed by atoms with E-state index in [9.17, 15) is 4.79 Å². The van der Waals surface area contributed by atoms with Crippen molar-refractivity contribution < 1.29 is 0 Å². The normalized spacial score (nSPS) is 10.8. The fourth-order valence-corrected chi connectivity index (χ4v) is 2.25. The third-order valence-corrected chi connectivity index (χ3v) is 3.36. The maximum Gasteiger partial charge on any atom is 0.256 e. The van der Waals surface area contributed by atoms with Gasteiger partial charge in [0.05, 0.1) is 0 Å². The summed E-state index contributed by atoms with van der Waals surface area (Å²) in [5.41, 5.74) is 1.96. The zero-order valence-corrected chi connectivity index (χ0v) is 9.60. The standard InChI is InChI=1S/C11H10BrNO/c1-6-4-3-5-8-9(6)10(12)7(2)13-11(8)14/h3-5H,1-2H3,(H,13,14). The van der Waals surface area contributed by atoms with Crippen molar-refractivity contribution >= 4 is 26.7 Å². The third kappa shape index (κ3) is 1.28. The SMILES string of the molecule is Cc1[nH]c(=O)c2cccc(C)c2c1Br. The number of H-pyrrole nitrogens is 1. The lowest BCUT2D eigenvalue weighted by Crippen LogP contribution is -2.08. The van der Waals surface area contributed by atoms with E-state index in [0.29, 0.717) is 0 Å². The number of pyridine rings is 1. The molecule has 2 rings (SSSR count). The van der Waals surface area contributed by atoms with Crippen LogP contribution in [0.2, 0.25) is 0 Å². The number of hydrogen-bond donors (Lipinski definition) is 1. The molecular formula is C11H10BrNO. The van der Waals surface area contributed by atoms with Gasteiger partial charge in [-0.2, -0.15) is 0 Å². The molecule has 14 heavy (non-hydrogen) atoms. The monoisotopic (exact) mass is 251 g/mol. The molecule has 0 fully saturated rings. The largest absolute Gasteiger partial charge is 0.325 e. The van der Waals surface area contributed by atoms with Gasteiger partial charge in [-0.05, 0) is 41.4 Å². The van der Waals surface area contributed by atoms with E-state index in [0.717, 1.165) is 26.5 Å². The Bertz CT molecular complexity index is 557. The second kappa shape index (κ2) is 3.24.